The summed E-state index contributed by atoms with van der Waals surface area (Å²) in [6.07, 6.45) is -8.85. The van der Waals surface area contributed by atoms with Gasteiger partial charge in [0.15, 0.2) is 6.29 Å². The molecule has 10 atom stereocenters. The van der Waals surface area contributed by atoms with Gasteiger partial charge in [0, 0.05) is 6.42 Å². The predicted octanol–water partition coefficient (Wildman–Crippen LogP) is -4.49. The van der Waals surface area contributed by atoms with Crippen LogP contribution in [-0.2, 0) is 14.2 Å². The van der Waals surface area contributed by atoms with Crippen molar-refractivity contribution in [3.8, 4) is 0 Å². The van der Waals surface area contributed by atoms with Gasteiger partial charge in [0.1, 0.15) is 35.6 Å². The molecule has 1 saturated carbocycles. The molecule has 0 amide bonds. The maximum Gasteiger partial charge on any atom is 0.210 e. The van der Waals surface area contributed by atoms with E-state index in [9.17, 15) is 40.9 Å². The Kier molecular flexibility index (Phi) is 5.31. The van der Waals surface area contributed by atoms with Crippen LogP contribution in [0.3, 0.4) is 0 Å². The molecule has 2 heterocycles. The molecule has 0 radical (unpaired) electrons. The van der Waals surface area contributed by atoms with Crippen molar-refractivity contribution < 1.29 is 55.1 Å². The monoisotopic (exact) mass is 380 g/mol. The van der Waals surface area contributed by atoms with Gasteiger partial charge in [-0.3, -0.25) is 0 Å². The molecule has 1 saturated heterocycles. The summed E-state index contributed by atoms with van der Waals surface area (Å²) in [5.41, 5.74) is -3.91. The Labute approximate surface area is 148 Å². The largest absolute Gasteiger partial charge is 0.472 e. The van der Waals surface area contributed by atoms with Gasteiger partial charge >= 0.3 is 0 Å². The minimum absolute atomic E-state index is 0.354. The minimum Gasteiger partial charge on any atom is -0.472 e. The summed E-state index contributed by atoms with van der Waals surface area (Å²) in [7, 11) is 0. The Hall–Kier alpha value is -0.860. The van der Waals surface area contributed by atoms with Crippen molar-refractivity contribution in [2.75, 3.05) is 13.2 Å². The van der Waals surface area contributed by atoms with Crippen molar-refractivity contribution in [3.05, 3.63) is 12.3 Å². The molecule has 1 aliphatic carbocycles. The summed E-state index contributed by atoms with van der Waals surface area (Å²) in [4.78, 5) is 0. The lowest BCUT2D eigenvalue weighted by molar-refractivity contribution is -0.352. The van der Waals surface area contributed by atoms with Crippen molar-refractivity contribution in [1.29, 1.82) is 0 Å². The first-order chi connectivity index (χ1) is 12.2. The lowest BCUT2D eigenvalue weighted by atomic mass is 9.81. The molecule has 0 bridgehead atoms. The quantitative estimate of drug-likeness (QED) is 0.235. The molecule has 0 aromatic heterocycles. The van der Waals surface area contributed by atoms with Gasteiger partial charge in [-0.05, 0) is 6.08 Å². The zero-order valence-corrected chi connectivity index (χ0v) is 13.7. The molecule has 150 valence electrons. The van der Waals surface area contributed by atoms with Crippen LogP contribution in [0.15, 0.2) is 12.3 Å². The summed E-state index contributed by atoms with van der Waals surface area (Å²) < 4.78 is 15.9. The van der Waals surface area contributed by atoms with Crippen LogP contribution in [0.4, 0.5) is 0 Å². The van der Waals surface area contributed by atoms with E-state index >= 15 is 0 Å². The number of hydrogen-bond donors (Lipinski definition) is 8. The fourth-order valence-corrected chi connectivity index (χ4v) is 3.84. The van der Waals surface area contributed by atoms with Gasteiger partial charge in [-0.2, -0.15) is 0 Å². The van der Waals surface area contributed by atoms with E-state index in [2.05, 4.69) is 0 Å². The highest BCUT2D eigenvalue weighted by Gasteiger charge is 2.65. The highest BCUT2D eigenvalue weighted by molar-refractivity contribution is 5.22. The first-order valence-corrected chi connectivity index (χ1v) is 8.20. The maximum absolute atomic E-state index is 10.7. The molecule has 0 aromatic rings. The molecule has 0 spiro atoms. The van der Waals surface area contributed by atoms with Crippen LogP contribution >= 0.6 is 0 Å². The standard InChI is InChI=1S/C15H24O11/c16-4-6-8(19)9(20)10(21)12(25-6)26-13-11-14(22,5-17)3-7(18)15(11,23)1-2-24-13/h1-2,6-13,16-23H,3-5H2/t6-,7-,8-,9+,10-,11-,12+,13+,14-,15-/m1/s1. The average Bonchev–Trinajstić information content (AvgIpc) is 2.82. The lowest BCUT2D eigenvalue weighted by Crippen LogP contribution is -2.62. The highest BCUT2D eigenvalue weighted by atomic mass is 16.8. The second kappa shape index (κ2) is 6.95. The molecular weight excluding hydrogens is 356 g/mol. The van der Waals surface area contributed by atoms with Crippen LogP contribution in [0.2, 0.25) is 0 Å². The number of rotatable bonds is 4. The summed E-state index contributed by atoms with van der Waals surface area (Å²) in [5.74, 6) is -1.34. The molecule has 2 aliphatic heterocycles. The highest BCUT2D eigenvalue weighted by Crippen LogP contribution is 2.49. The molecular formula is C15H24O11. The van der Waals surface area contributed by atoms with E-state index < -0.39 is 73.4 Å². The zero-order valence-electron chi connectivity index (χ0n) is 13.7. The van der Waals surface area contributed by atoms with Crippen LogP contribution in [0.1, 0.15) is 6.42 Å². The number of hydrogen-bond acceptors (Lipinski definition) is 11. The van der Waals surface area contributed by atoms with Crippen molar-refractivity contribution in [2.24, 2.45) is 5.92 Å². The molecule has 11 nitrogen and oxygen atoms in total. The first kappa shape index (κ1) is 19.9. The molecule has 26 heavy (non-hydrogen) atoms. The van der Waals surface area contributed by atoms with Gasteiger partial charge in [0.05, 0.1) is 31.5 Å². The van der Waals surface area contributed by atoms with E-state index in [4.69, 9.17) is 14.2 Å². The zero-order chi connectivity index (χ0) is 19.3. The van der Waals surface area contributed by atoms with Crippen molar-refractivity contribution >= 4 is 0 Å². The average molecular weight is 380 g/mol. The Bertz CT molecular complexity index is 542. The maximum atomic E-state index is 10.7. The van der Waals surface area contributed by atoms with E-state index in [1.807, 2.05) is 0 Å². The van der Waals surface area contributed by atoms with Gasteiger partial charge in [0.2, 0.25) is 6.29 Å². The summed E-state index contributed by atoms with van der Waals surface area (Å²) >= 11 is 0. The van der Waals surface area contributed by atoms with E-state index in [0.717, 1.165) is 12.3 Å². The fourth-order valence-electron chi connectivity index (χ4n) is 3.84. The molecule has 8 N–H and O–H groups in total. The third kappa shape index (κ3) is 2.94. The Morgan fingerprint density at radius 3 is 2.31 bits per heavy atom. The number of aliphatic hydroxyl groups excluding tert-OH is 6. The molecule has 3 aliphatic rings. The smallest absolute Gasteiger partial charge is 0.210 e. The van der Waals surface area contributed by atoms with E-state index in [1.54, 1.807) is 0 Å². The number of fused-ring (bicyclic) bond motifs is 1. The molecule has 3 rings (SSSR count). The topological polar surface area (TPSA) is 190 Å². The van der Waals surface area contributed by atoms with Crippen LogP contribution in [0.25, 0.3) is 0 Å². The van der Waals surface area contributed by atoms with E-state index in [1.165, 1.54) is 0 Å². The molecule has 0 unspecified atom stereocenters. The van der Waals surface area contributed by atoms with Gasteiger partial charge in [0.25, 0.3) is 0 Å². The third-order valence-electron chi connectivity index (χ3n) is 5.37. The van der Waals surface area contributed by atoms with Gasteiger partial charge < -0.3 is 55.1 Å². The third-order valence-corrected chi connectivity index (χ3v) is 5.37. The van der Waals surface area contributed by atoms with Crippen LogP contribution < -0.4 is 0 Å². The van der Waals surface area contributed by atoms with Crippen molar-refractivity contribution in [2.45, 2.75) is 60.7 Å². The van der Waals surface area contributed by atoms with Crippen LogP contribution in [0, 0.1) is 5.92 Å². The second-order valence-electron chi connectivity index (χ2n) is 6.99. The van der Waals surface area contributed by atoms with E-state index in [-0.39, 0.29) is 6.42 Å². The number of aliphatic hydroxyl groups is 8. The first-order valence-electron chi connectivity index (χ1n) is 8.20. The van der Waals surface area contributed by atoms with Gasteiger partial charge in [-0.25, -0.2) is 0 Å². The van der Waals surface area contributed by atoms with E-state index in [0.29, 0.717) is 0 Å². The summed E-state index contributed by atoms with van der Waals surface area (Å²) in [6.45, 7) is -1.47. The van der Waals surface area contributed by atoms with Gasteiger partial charge in [-0.15, -0.1) is 0 Å². The Balaban J connectivity index is 1.84. The lowest BCUT2D eigenvalue weighted by Gasteiger charge is -2.45. The van der Waals surface area contributed by atoms with Gasteiger partial charge in [-0.1, -0.05) is 0 Å². The Morgan fingerprint density at radius 2 is 1.69 bits per heavy atom. The van der Waals surface area contributed by atoms with Crippen molar-refractivity contribution in [3.63, 3.8) is 0 Å². The summed E-state index contributed by atoms with van der Waals surface area (Å²) in [6, 6.07) is 0. The van der Waals surface area contributed by atoms with Crippen LogP contribution in [0.5, 0.6) is 0 Å². The summed E-state index contributed by atoms with van der Waals surface area (Å²) in [5, 5.41) is 79.8. The minimum atomic E-state index is -1.96. The molecule has 11 heteroatoms. The molecule has 0 aromatic carbocycles. The number of ether oxygens (including phenoxy) is 3. The van der Waals surface area contributed by atoms with Crippen LogP contribution in [-0.4, -0.2) is 108 Å². The normalized spacial score (nSPS) is 54.0. The SMILES string of the molecule is OC[C@H]1O[C@@H](O[C@@H]2OC=C[C@@]3(O)[C@H](O)C[C@@](O)(CO)[C@@H]23)[C@H](O)[C@@H](O)[C@@H]1O. The van der Waals surface area contributed by atoms with Crippen molar-refractivity contribution in [1.82, 2.24) is 0 Å². The predicted molar refractivity (Wildman–Crippen MR) is 80.0 cm³/mol. The molecule has 2 fully saturated rings. The fraction of sp³-hybridized carbons (Fsp3) is 0.867. The second-order valence-corrected chi connectivity index (χ2v) is 6.99. The Morgan fingerprint density at radius 1 is 1.00 bits per heavy atom.